The van der Waals surface area contributed by atoms with Gasteiger partial charge in [0.1, 0.15) is 11.9 Å². The zero-order valence-corrected chi connectivity index (χ0v) is 20.6. The molecule has 3 N–H and O–H groups in total. The Bertz CT molecular complexity index is 889. The first kappa shape index (κ1) is 27.8. The van der Waals surface area contributed by atoms with Gasteiger partial charge >= 0.3 is 5.97 Å². The molecule has 0 bridgehead atoms. The van der Waals surface area contributed by atoms with Crippen LogP contribution in [0.25, 0.3) is 11.4 Å². The molecule has 1 heterocycles. The van der Waals surface area contributed by atoms with Crippen molar-refractivity contribution in [2.45, 2.75) is 76.1 Å². The molecule has 0 saturated carbocycles. The summed E-state index contributed by atoms with van der Waals surface area (Å²) in [5, 5.41) is 32.9. The lowest BCUT2D eigenvalue weighted by Gasteiger charge is -2.24. The molecule has 2 aromatic rings. The van der Waals surface area contributed by atoms with E-state index in [-0.39, 0.29) is 12.2 Å². The highest BCUT2D eigenvalue weighted by Gasteiger charge is 2.30. The van der Waals surface area contributed by atoms with E-state index < -0.39 is 28.5 Å². The highest BCUT2D eigenvalue weighted by molar-refractivity contribution is 7.92. The molecular weight excluding hydrogens is 452 g/mol. The summed E-state index contributed by atoms with van der Waals surface area (Å²) < 4.78 is 12.9. The van der Waals surface area contributed by atoms with Crippen molar-refractivity contribution in [3.8, 4) is 11.4 Å². The van der Waals surface area contributed by atoms with Crippen LogP contribution in [0.2, 0.25) is 0 Å². The number of aliphatic hydroxyl groups is 1. The third kappa shape index (κ3) is 10.2. The van der Waals surface area contributed by atoms with Crippen LogP contribution < -0.4 is 0 Å². The Balaban J connectivity index is 1.98. The van der Waals surface area contributed by atoms with E-state index in [1.165, 1.54) is 38.5 Å². The molecule has 0 aliphatic rings. The van der Waals surface area contributed by atoms with Crippen molar-refractivity contribution in [2.75, 3.05) is 5.75 Å². The zero-order chi connectivity index (χ0) is 24.6. The first-order valence-corrected chi connectivity index (χ1v) is 13.4. The van der Waals surface area contributed by atoms with Gasteiger partial charge in [-0.3, -0.25) is 4.79 Å². The fourth-order valence-electron chi connectivity index (χ4n) is 3.57. The van der Waals surface area contributed by atoms with Gasteiger partial charge in [0.15, 0.2) is 11.1 Å². The largest absolute Gasteiger partial charge is 0.616 e. The maximum Gasteiger partial charge on any atom is 0.308 e. The molecule has 186 valence electrons. The molecule has 0 aliphatic heterocycles. The maximum absolute atomic E-state index is 12.9. The van der Waals surface area contributed by atoms with Crippen molar-refractivity contribution < 1.29 is 19.6 Å². The number of unbranched alkanes of at least 4 members (excludes halogenated alkanes) is 7. The Morgan fingerprint density at radius 3 is 2.65 bits per heavy atom. The van der Waals surface area contributed by atoms with Crippen molar-refractivity contribution in [1.29, 1.82) is 0 Å². The number of carboxylic acids is 1. The highest BCUT2D eigenvalue weighted by atomic mass is 32.2. The number of carboxylic acid groups (broad SMARTS) is 1. The van der Waals surface area contributed by atoms with E-state index in [0.29, 0.717) is 17.0 Å². The van der Waals surface area contributed by atoms with Gasteiger partial charge in [-0.25, -0.2) is 5.10 Å². The molecule has 1 aromatic carbocycles. The van der Waals surface area contributed by atoms with Crippen LogP contribution in [0, 0.1) is 0 Å². The zero-order valence-electron chi connectivity index (χ0n) is 19.8. The molecular formula is C25H36N4O4S. The number of H-pyrrole nitrogens is 1. The third-order valence-corrected chi connectivity index (χ3v) is 7.13. The fraction of sp³-hybridized carbons (Fsp3) is 0.520. The Morgan fingerprint density at radius 1 is 1.18 bits per heavy atom. The molecule has 2 rings (SSSR count). The quantitative estimate of drug-likeness (QED) is 0.166. The van der Waals surface area contributed by atoms with Crippen molar-refractivity contribution >= 4 is 17.1 Å². The minimum atomic E-state index is -1.57. The van der Waals surface area contributed by atoms with Gasteiger partial charge in [0, 0.05) is 5.56 Å². The van der Waals surface area contributed by atoms with E-state index in [0.717, 1.165) is 12.8 Å². The minimum Gasteiger partial charge on any atom is -0.616 e. The second-order valence-electron chi connectivity index (χ2n) is 8.24. The van der Waals surface area contributed by atoms with Crippen molar-refractivity contribution in [1.82, 2.24) is 20.6 Å². The predicted octanol–water partition coefficient (Wildman–Crippen LogP) is 4.75. The number of hydrogen-bond acceptors (Lipinski definition) is 6. The molecule has 8 nitrogen and oxygen atoms in total. The van der Waals surface area contributed by atoms with E-state index >= 15 is 0 Å². The van der Waals surface area contributed by atoms with E-state index in [9.17, 15) is 14.5 Å². The van der Waals surface area contributed by atoms with Gasteiger partial charge in [0.25, 0.3) is 0 Å². The monoisotopic (exact) mass is 488 g/mol. The number of aliphatic hydroxyl groups excluding tert-OH is 1. The van der Waals surface area contributed by atoms with Crippen LogP contribution in [-0.4, -0.2) is 52.4 Å². The van der Waals surface area contributed by atoms with Gasteiger partial charge in [-0.2, -0.15) is 0 Å². The summed E-state index contributed by atoms with van der Waals surface area (Å²) in [6.07, 6.45) is 16.0. The molecule has 3 unspecified atom stereocenters. The Hall–Kier alpha value is -2.49. The number of aromatic amines is 1. The van der Waals surface area contributed by atoms with Gasteiger partial charge in [-0.1, -0.05) is 81.9 Å². The van der Waals surface area contributed by atoms with E-state index in [4.69, 9.17) is 5.11 Å². The van der Waals surface area contributed by atoms with Crippen LogP contribution in [0.4, 0.5) is 0 Å². The van der Waals surface area contributed by atoms with Gasteiger partial charge in [0.2, 0.25) is 0 Å². The van der Waals surface area contributed by atoms with Crippen molar-refractivity contribution in [3.05, 3.63) is 54.1 Å². The summed E-state index contributed by atoms with van der Waals surface area (Å²) in [6, 6.07) is 7.04. The average molecular weight is 489 g/mol. The second-order valence-corrected chi connectivity index (χ2v) is 9.95. The lowest BCUT2D eigenvalue weighted by atomic mass is 10.0. The smallest absolute Gasteiger partial charge is 0.308 e. The van der Waals surface area contributed by atoms with E-state index in [2.05, 4.69) is 33.6 Å². The third-order valence-electron chi connectivity index (χ3n) is 5.50. The lowest BCUT2D eigenvalue weighted by molar-refractivity contribution is -0.136. The van der Waals surface area contributed by atoms with Gasteiger partial charge in [-0.15, -0.1) is 5.10 Å². The van der Waals surface area contributed by atoms with E-state index in [1.54, 1.807) is 36.4 Å². The first-order chi connectivity index (χ1) is 16.5. The summed E-state index contributed by atoms with van der Waals surface area (Å²) in [7, 11) is 0. The summed E-state index contributed by atoms with van der Waals surface area (Å²) in [6.45, 7) is 2.22. The first-order valence-electron chi connectivity index (χ1n) is 12.0. The molecule has 1 aromatic heterocycles. The molecule has 0 spiro atoms. The Labute approximate surface area is 204 Å². The minimum absolute atomic E-state index is 0.0329. The van der Waals surface area contributed by atoms with Crippen LogP contribution in [0.3, 0.4) is 0 Å². The van der Waals surface area contributed by atoms with Gasteiger partial charge in [-0.05, 0) is 52.2 Å². The SMILES string of the molecule is CCCCCCCCC/C=C/C=C/C(C(O)c1cccc(-c2nnn[nH]2)c1)[S+]([O-])CCC(=O)O. The highest BCUT2D eigenvalue weighted by Crippen LogP contribution is 2.27. The molecule has 0 aliphatic carbocycles. The fourth-order valence-corrected chi connectivity index (χ4v) is 4.93. The van der Waals surface area contributed by atoms with Crippen LogP contribution >= 0.6 is 0 Å². The molecule has 0 amide bonds. The molecule has 9 heteroatoms. The van der Waals surface area contributed by atoms with Gasteiger partial charge < -0.3 is 14.8 Å². The summed E-state index contributed by atoms with van der Waals surface area (Å²) in [4.78, 5) is 11.0. The summed E-state index contributed by atoms with van der Waals surface area (Å²) >= 11 is -1.57. The number of aliphatic carboxylic acids is 1. The van der Waals surface area contributed by atoms with Gasteiger partial charge in [0.05, 0.1) is 6.42 Å². The lowest BCUT2D eigenvalue weighted by Crippen LogP contribution is -2.29. The number of allylic oxidation sites excluding steroid dienone is 3. The Kier molecular flexibility index (Phi) is 13.2. The second kappa shape index (κ2) is 16.2. The molecule has 0 radical (unpaired) electrons. The van der Waals surface area contributed by atoms with Crippen LogP contribution in [0.15, 0.2) is 48.6 Å². The van der Waals surface area contributed by atoms with E-state index in [1.807, 2.05) is 6.08 Å². The van der Waals surface area contributed by atoms with Crippen molar-refractivity contribution in [3.63, 3.8) is 0 Å². The molecule has 3 atom stereocenters. The molecule has 0 saturated heterocycles. The number of nitrogens with one attached hydrogen (secondary N) is 1. The maximum atomic E-state index is 12.9. The summed E-state index contributed by atoms with van der Waals surface area (Å²) in [5.74, 6) is -0.587. The number of benzene rings is 1. The number of hydrogen-bond donors (Lipinski definition) is 3. The number of nitrogens with zero attached hydrogens (tertiary/aromatic N) is 3. The number of tetrazole rings is 1. The standard InChI is InChI=1S/C25H36N4O4S/c1-2-3-4-5-6-7-8-9-10-11-12-16-22(34(33)18-17-23(30)31)24(32)20-14-13-15-21(19-20)25-26-28-29-27-25/h10-16,19,22,24,32H,2-9,17-18H2,1H3,(H,30,31)(H,26,27,28,29)/b11-10+,16-12+. The predicted molar refractivity (Wildman–Crippen MR) is 135 cm³/mol. The number of carbonyl (C=O) groups is 1. The van der Waals surface area contributed by atoms with Crippen LogP contribution in [0.5, 0.6) is 0 Å². The topological polar surface area (TPSA) is 135 Å². The molecule has 0 fully saturated rings. The van der Waals surface area contributed by atoms with Crippen molar-refractivity contribution in [2.24, 2.45) is 0 Å². The Morgan fingerprint density at radius 2 is 1.94 bits per heavy atom. The summed E-state index contributed by atoms with van der Waals surface area (Å²) in [5.41, 5.74) is 1.24. The number of rotatable bonds is 17. The van der Waals surface area contributed by atoms with Crippen LogP contribution in [-0.2, 0) is 16.0 Å². The van der Waals surface area contributed by atoms with Crippen LogP contribution in [0.1, 0.15) is 76.4 Å². The normalized spacial score (nSPS) is 14.6. The molecule has 34 heavy (non-hydrogen) atoms. The number of aromatic nitrogens is 4. The average Bonchev–Trinajstić information content (AvgIpc) is 3.38.